The largest absolute Gasteiger partial charge is 0.481 e. The molecule has 1 aromatic carbocycles. The first-order chi connectivity index (χ1) is 14.0. The molecule has 1 saturated carbocycles. The predicted octanol–water partition coefficient (Wildman–Crippen LogP) is 2.19. The van der Waals surface area contributed by atoms with Gasteiger partial charge in [0.2, 0.25) is 5.95 Å². The summed E-state index contributed by atoms with van der Waals surface area (Å²) in [5.74, 6) is -0.674. The predicted molar refractivity (Wildman–Crippen MR) is 109 cm³/mol. The average molecular weight is 396 g/mol. The van der Waals surface area contributed by atoms with Crippen molar-refractivity contribution in [3.8, 4) is 0 Å². The van der Waals surface area contributed by atoms with E-state index in [1.807, 2.05) is 24.3 Å². The number of primary amides is 1. The number of nitrogens with one attached hydrogen (secondary N) is 2. The van der Waals surface area contributed by atoms with Gasteiger partial charge in [0.05, 0.1) is 11.5 Å². The number of hydrogen-bond donors (Lipinski definition) is 4. The molecule has 29 heavy (non-hydrogen) atoms. The van der Waals surface area contributed by atoms with Crippen LogP contribution in [0.1, 0.15) is 36.0 Å². The second-order valence-corrected chi connectivity index (χ2v) is 7.51. The van der Waals surface area contributed by atoms with Crippen LogP contribution in [0, 0.1) is 5.92 Å². The molecule has 2 aromatic rings. The lowest BCUT2D eigenvalue weighted by molar-refractivity contribution is -0.142. The normalized spacial score (nSPS) is 17.0. The van der Waals surface area contributed by atoms with E-state index in [1.165, 1.54) is 6.20 Å². The highest BCUT2D eigenvalue weighted by molar-refractivity contribution is 5.97. The van der Waals surface area contributed by atoms with Gasteiger partial charge in [0.1, 0.15) is 5.82 Å². The fourth-order valence-electron chi connectivity index (χ4n) is 3.42. The number of aliphatic carboxylic acids is 1. The minimum Gasteiger partial charge on any atom is -0.481 e. The molecule has 152 valence electrons. The average Bonchev–Trinajstić information content (AvgIpc) is 3.53. The van der Waals surface area contributed by atoms with Gasteiger partial charge in [0.15, 0.2) is 0 Å². The van der Waals surface area contributed by atoms with Gasteiger partial charge >= 0.3 is 5.97 Å². The third kappa shape index (κ3) is 4.56. The maximum absolute atomic E-state index is 11.6. The number of carboxylic acids is 1. The Hall–Kier alpha value is -3.36. The van der Waals surface area contributed by atoms with Crippen LogP contribution in [0.3, 0.4) is 0 Å². The number of aromatic nitrogens is 2. The zero-order valence-corrected chi connectivity index (χ0v) is 16.0. The zero-order chi connectivity index (χ0) is 20.4. The number of carboxylic acid groups (broad SMARTS) is 1. The van der Waals surface area contributed by atoms with Crippen molar-refractivity contribution in [1.29, 1.82) is 0 Å². The monoisotopic (exact) mass is 396 g/mol. The highest BCUT2D eigenvalue weighted by Crippen LogP contribution is 2.28. The van der Waals surface area contributed by atoms with Gasteiger partial charge in [-0.05, 0) is 49.9 Å². The second kappa shape index (κ2) is 7.94. The minimum atomic E-state index is -0.706. The van der Waals surface area contributed by atoms with Gasteiger partial charge in [-0.15, -0.1) is 0 Å². The number of carbonyl (C=O) groups excluding carboxylic acids is 1. The van der Waals surface area contributed by atoms with E-state index in [4.69, 9.17) is 10.8 Å². The van der Waals surface area contributed by atoms with Crippen molar-refractivity contribution in [1.82, 2.24) is 9.97 Å². The van der Waals surface area contributed by atoms with Crippen LogP contribution in [-0.2, 0) is 4.79 Å². The molecule has 1 aliphatic carbocycles. The number of anilines is 4. The molecular weight excluding hydrogens is 372 g/mol. The fourth-order valence-corrected chi connectivity index (χ4v) is 3.42. The quantitative estimate of drug-likeness (QED) is 0.560. The molecule has 0 spiro atoms. The van der Waals surface area contributed by atoms with Crippen molar-refractivity contribution < 1.29 is 14.7 Å². The first kappa shape index (κ1) is 19.0. The molecule has 0 atom stereocenters. The van der Waals surface area contributed by atoms with Gasteiger partial charge in [-0.25, -0.2) is 4.98 Å². The lowest BCUT2D eigenvalue weighted by atomic mass is 9.97. The Kier molecular flexibility index (Phi) is 5.20. The molecule has 0 radical (unpaired) electrons. The van der Waals surface area contributed by atoms with E-state index in [0.717, 1.165) is 37.3 Å². The minimum absolute atomic E-state index is 0.244. The van der Waals surface area contributed by atoms with Crippen molar-refractivity contribution in [2.75, 3.05) is 28.6 Å². The van der Waals surface area contributed by atoms with Gasteiger partial charge in [-0.2, -0.15) is 4.98 Å². The highest BCUT2D eigenvalue weighted by Gasteiger charge is 2.25. The van der Waals surface area contributed by atoms with Crippen LogP contribution in [0.5, 0.6) is 0 Å². The zero-order valence-electron chi connectivity index (χ0n) is 16.0. The topological polar surface area (TPSA) is 133 Å². The molecule has 5 N–H and O–H groups in total. The number of hydrogen-bond acceptors (Lipinski definition) is 7. The number of nitrogens with two attached hydrogens (primary N) is 1. The van der Waals surface area contributed by atoms with Gasteiger partial charge in [-0.1, -0.05) is 0 Å². The summed E-state index contributed by atoms with van der Waals surface area (Å²) in [7, 11) is 0. The van der Waals surface area contributed by atoms with Crippen molar-refractivity contribution in [3.63, 3.8) is 0 Å². The summed E-state index contributed by atoms with van der Waals surface area (Å²) in [4.78, 5) is 33.5. The molecule has 1 saturated heterocycles. The molecule has 2 aliphatic rings. The summed E-state index contributed by atoms with van der Waals surface area (Å²) < 4.78 is 0. The van der Waals surface area contributed by atoms with Gasteiger partial charge < -0.3 is 26.4 Å². The van der Waals surface area contributed by atoms with Crippen LogP contribution in [0.25, 0.3) is 0 Å². The number of nitrogens with zero attached hydrogens (tertiary/aromatic N) is 3. The summed E-state index contributed by atoms with van der Waals surface area (Å²) in [6.07, 6.45) is 4.86. The number of carbonyl (C=O) groups is 2. The van der Waals surface area contributed by atoms with Crippen molar-refractivity contribution in [3.05, 3.63) is 36.0 Å². The Morgan fingerprint density at radius 1 is 1.10 bits per heavy atom. The van der Waals surface area contributed by atoms with Crippen LogP contribution in [0.15, 0.2) is 30.5 Å². The Morgan fingerprint density at radius 3 is 2.38 bits per heavy atom. The van der Waals surface area contributed by atoms with E-state index in [9.17, 15) is 9.59 Å². The van der Waals surface area contributed by atoms with Crippen LogP contribution in [0.2, 0.25) is 0 Å². The molecular formula is C20H24N6O3. The molecule has 9 heteroatoms. The molecule has 1 aliphatic heterocycles. The summed E-state index contributed by atoms with van der Waals surface area (Å²) in [5, 5.41) is 15.5. The summed E-state index contributed by atoms with van der Waals surface area (Å²) in [6, 6.07) is 8.17. The number of amides is 1. The standard InChI is InChI=1S/C20H24N6O3/c21-17(27)16-11-22-20(25-18(16)23-13-1-2-13)24-14-3-5-15(6-4-14)26-9-7-12(8-10-26)19(28)29/h3-6,11-13H,1-2,7-10H2,(H2,21,27)(H,28,29)(H2,22,23,24,25). The fraction of sp³-hybridized carbons (Fsp3) is 0.400. The third-order valence-corrected chi connectivity index (χ3v) is 5.31. The van der Waals surface area contributed by atoms with Crippen LogP contribution in [-0.4, -0.2) is 46.1 Å². The number of piperidine rings is 1. The summed E-state index contributed by atoms with van der Waals surface area (Å²) in [6.45, 7) is 1.47. The lowest BCUT2D eigenvalue weighted by Gasteiger charge is -2.32. The SMILES string of the molecule is NC(=O)c1cnc(Nc2ccc(N3CCC(C(=O)O)CC3)cc2)nc1NC1CC1. The van der Waals surface area contributed by atoms with E-state index in [2.05, 4.69) is 25.5 Å². The van der Waals surface area contributed by atoms with Crippen molar-refractivity contribution in [2.45, 2.75) is 31.7 Å². The number of rotatable bonds is 7. The lowest BCUT2D eigenvalue weighted by Crippen LogP contribution is -2.36. The maximum Gasteiger partial charge on any atom is 0.306 e. The molecule has 2 heterocycles. The van der Waals surface area contributed by atoms with Crippen molar-refractivity contribution >= 4 is 35.0 Å². The molecule has 4 rings (SSSR count). The Morgan fingerprint density at radius 2 is 1.79 bits per heavy atom. The van der Waals surface area contributed by atoms with Gasteiger partial charge in [0.25, 0.3) is 5.91 Å². The third-order valence-electron chi connectivity index (χ3n) is 5.31. The van der Waals surface area contributed by atoms with Crippen LogP contribution >= 0.6 is 0 Å². The molecule has 2 fully saturated rings. The Labute approximate surface area is 168 Å². The molecule has 1 amide bonds. The molecule has 0 bridgehead atoms. The van der Waals surface area contributed by atoms with E-state index < -0.39 is 11.9 Å². The molecule has 1 aromatic heterocycles. The van der Waals surface area contributed by atoms with E-state index in [-0.39, 0.29) is 11.5 Å². The summed E-state index contributed by atoms with van der Waals surface area (Å²) >= 11 is 0. The first-order valence-electron chi connectivity index (χ1n) is 9.78. The van der Waals surface area contributed by atoms with Crippen LogP contribution < -0.4 is 21.3 Å². The highest BCUT2D eigenvalue weighted by atomic mass is 16.4. The van der Waals surface area contributed by atoms with Crippen molar-refractivity contribution in [2.24, 2.45) is 11.7 Å². The summed E-state index contributed by atoms with van der Waals surface area (Å²) in [5.41, 5.74) is 7.56. The smallest absolute Gasteiger partial charge is 0.306 e. The number of benzene rings is 1. The van der Waals surface area contributed by atoms with Gasteiger partial charge in [-0.3, -0.25) is 9.59 Å². The maximum atomic E-state index is 11.6. The molecule has 9 nitrogen and oxygen atoms in total. The van der Waals surface area contributed by atoms with Crippen LogP contribution in [0.4, 0.5) is 23.1 Å². The van der Waals surface area contributed by atoms with Gasteiger partial charge in [0, 0.05) is 36.7 Å². The first-order valence-corrected chi connectivity index (χ1v) is 9.78. The Balaban J connectivity index is 1.42. The van der Waals surface area contributed by atoms with E-state index in [1.54, 1.807) is 0 Å². The second-order valence-electron chi connectivity index (χ2n) is 7.51. The Bertz CT molecular complexity index is 905. The van der Waals surface area contributed by atoms with E-state index in [0.29, 0.717) is 30.6 Å². The van der Waals surface area contributed by atoms with E-state index >= 15 is 0 Å². The molecule has 0 unspecified atom stereocenters.